The molecule has 0 unspecified atom stereocenters. The number of aliphatic imine (C=N–C) groups is 1. The van der Waals surface area contributed by atoms with Gasteiger partial charge >= 0.3 is 0 Å². The first-order chi connectivity index (χ1) is 13.7. The van der Waals surface area contributed by atoms with Gasteiger partial charge in [0.2, 0.25) is 0 Å². The molecular formula is C22H30N4O2. The molecule has 0 fully saturated rings. The van der Waals surface area contributed by atoms with E-state index in [4.69, 9.17) is 20.7 Å². The van der Waals surface area contributed by atoms with E-state index in [1.54, 1.807) is 0 Å². The third-order valence-corrected chi connectivity index (χ3v) is 4.30. The largest absolute Gasteiger partial charge is 0.481 e. The molecule has 0 aliphatic carbocycles. The summed E-state index contributed by atoms with van der Waals surface area (Å²) in [7, 11) is 0. The lowest BCUT2D eigenvalue weighted by molar-refractivity contribution is 0.370. The van der Waals surface area contributed by atoms with Gasteiger partial charge in [0, 0.05) is 25.1 Å². The summed E-state index contributed by atoms with van der Waals surface area (Å²) in [5.41, 5.74) is 3.31. The van der Waals surface area contributed by atoms with Crippen molar-refractivity contribution >= 4 is 5.96 Å². The summed E-state index contributed by atoms with van der Waals surface area (Å²) in [5, 5.41) is 10.8. The molecule has 0 radical (unpaired) electrons. The van der Waals surface area contributed by atoms with Crippen LogP contribution in [0.25, 0.3) is 0 Å². The van der Waals surface area contributed by atoms with Gasteiger partial charge in [0.25, 0.3) is 0 Å². The Labute approximate surface area is 167 Å². The van der Waals surface area contributed by atoms with Crippen molar-refractivity contribution in [2.45, 2.75) is 46.6 Å². The molecule has 0 aliphatic rings. The molecule has 1 heterocycles. The number of aryl methyl sites for hydroxylation is 2. The number of ether oxygens (including phenoxy) is 1. The SMILES string of the molecule is C#CCOc1ccc(CCNC(=NCc2c(CC)noc2CC)NCC)cc1. The maximum absolute atomic E-state index is 5.42. The minimum atomic E-state index is 0.287. The Morgan fingerprint density at radius 1 is 1.18 bits per heavy atom. The van der Waals surface area contributed by atoms with Gasteiger partial charge in [-0.05, 0) is 37.5 Å². The zero-order chi connectivity index (χ0) is 20.2. The lowest BCUT2D eigenvalue weighted by atomic mass is 10.1. The van der Waals surface area contributed by atoms with Crippen molar-refractivity contribution in [3.63, 3.8) is 0 Å². The first kappa shape index (κ1) is 21.4. The number of benzene rings is 1. The van der Waals surface area contributed by atoms with Crippen LogP contribution in [0.3, 0.4) is 0 Å². The molecule has 150 valence electrons. The Kier molecular flexibility index (Phi) is 8.93. The van der Waals surface area contributed by atoms with Gasteiger partial charge < -0.3 is 19.9 Å². The molecule has 2 rings (SSSR count). The molecule has 2 N–H and O–H groups in total. The monoisotopic (exact) mass is 382 g/mol. The van der Waals surface area contributed by atoms with E-state index in [-0.39, 0.29) is 6.61 Å². The van der Waals surface area contributed by atoms with Gasteiger partial charge in [-0.15, -0.1) is 6.42 Å². The fourth-order valence-corrected chi connectivity index (χ4v) is 2.82. The van der Waals surface area contributed by atoms with Crippen molar-refractivity contribution in [1.29, 1.82) is 0 Å². The van der Waals surface area contributed by atoms with Crippen molar-refractivity contribution in [3.8, 4) is 18.1 Å². The Hall–Kier alpha value is -2.94. The van der Waals surface area contributed by atoms with Crippen molar-refractivity contribution in [3.05, 3.63) is 46.8 Å². The van der Waals surface area contributed by atoms with E-state index in [2.05, 4.69) is 54.6 Å². The highest BCUT2D eigenvalue weighted by Crippen LogP contribution is 2.17. The number of terminal acetylenes is 1. The van der Waals surface area contributed by atoms with Crippen LogP contribution in [0.2, 0.25) is 0 Å². The number of hydrogen-bond acceptors (Lipinski definition) is 4. The second-order valence-corrected chi connectivity index (χ2v) is 6.25. The Balaban J connectivity index is 1.91. The Bertz CT molecular complexity index is 766. The predicted octanol–water partition coefficient (Wildman–Crippen LogP) is 3.11. The molecule has 28 heavy (non-hydrogen) atoms. The first-order valence-electron chi connectivity index (χ1n) is 9.85. The fourth-order valence-electron chi connectivity index (χ4n) is 2.82. The molecule has 2 aromatic rings. The highest BCUT2D eigenvalue weighted by Gasteiger charge is 2.13. The highest BCUT2D eigenvalue weighted by molar-refractivity contribution is 5.79. The number of hydrogen-bond donors (Lipinski definition) is 2. The smallest absolute Gasteiger partial charge is 0.191 e. The molecule has 0 spiro atoms. The van der Waals surface area contributed by atoms with Gasteiger partial charge in [-0.1, -0.05) is 37.1 Å². The quantitative estimate of drug-likeness (QED) is 0.375. The van der Waals surface area contributed by atoms with Crippen LogP contribution in [-0.2, 0) is 25.8 Å². The Morgan fingerprint density at radius 3 is 2.61 bits per heavy atom. The van der Waals surface area contributed by atoms with E-state index < -0.39 is 0 Å². The molecule has 0 amide bonds. The fraction of sp³-hybridized carbons (Fsp3) is 0.455. The third kappa shape index (κ3) is 6.34. The van der Waals surface area contributed by atoms with Crippen LogP contribution < -0.4 is 15.4 Å². The van der Waals surface area contributed by atoms with E-state index >= 15 is 0 Å². The van der Waals surface area contributed by atoms with Crippen LogP contribution in [0.15, 0.2) is 33.8 Å². The summed E-state index contributed by atoms with van der Waals surface area (Å²) in [6, 6.07) is 7.98. The summed E-state index contributed by atoms with van der Waals surface area (Å²) in [6.45, 7) is 8.64. The lowest BCUT2D eigenvalue weighted by Gasteiger charge is -2.12. The van der Waals surface area contributed by atoms with Crippen LogP contribution in [0.5, 0.6) is 5.75 Å². The van der Waals surface area contributed by atoms with E-state index in [9.17, 15) is 0 Å². The van der Waals surface area contributed by atoms with Gasteiger partial charge in [-0.25, -0.2) is 4.99 Å². The van der Waals surface area contributed by atoms with Crippen molar-refractivity contribution in [2.75, 3.05) is 19.7 Å². The van der Waals surface area contributed by atoms with Gasteiger partial charge in [-0.3, -0.25) is 0 Å². The molecule has 0 bridgehead atoms. The van der Waals surface area contributed by atoms with Crippen LogP contribution >= 0.6 is 0 Å². The van der Waals surface area contributed by atoms with Gasteiger partial charge in [0.05, 0.1) is 12.2 Å². The zero-order valence-electron chi connectivity index (χ0n) is 17.0. The molecule has 0 aliphatic heterocycles. The molecule has 1 aromatic carbocycles. The minimum Gasteiger partial charge on any atom is -0.481 e. The maximum atomic E-state index is 5.42. The van der Waals surface area contributed by atoms with E-state index in [0.717, 1.165) is 61.1 Å². The lowest BCUT2D eigenvalue weighted by Crippen LogP contribution is -2.38. The molecular weight excluding hydrogens is 352 g/mol. The van der Waals surface area contributed by atoms with Crippen LogP contribution in [0, 0.1) is 12.3 Å². The van der Waals surface area contributed by atoms with E-state index in [0.29, 0.717) is 6.54 Å². The summed E-state index contributed by atoms with van der Waals surface area (Å²) >= 11 is 0. The van der Waals surface area contributed by atoms with Crippen molar-refractivity contribution < 1.29 is 9.26 Å². The predicted molar refractivity (Wildman–Crippen MR) is 113 cm³/mol. The second kappa shape index (κ2) is 11.7. The Morgan fingerprint density at radius 2 is 1.96 bits per heavy atom. The molecule has 0 atom stereocenters. The normalized spacial score (nSPS) is 11.1. The number of guanidine groups is 1. The van der Waals surface area contributed by atoms with E-state index in [1.807, 2.05) is 12.1 Å². The van der Waals surface area contributed by atoms with Crippen molar-refractivity contribution in [1.82, 2.24) is 15.8 Å². The molecule has 6 heteroatoms. The van der Waals surface area contributed by atoms with Crippen LogP contribution in [-0.4, -0.2) is 30.8 Å². The maximum Gasteiger partial charge on any atom is 0.191 e. The van der Waals surface area contributed by atoms with Crippen molar-refractivity contribution in [2.24, 2.45) is 4.99 Å². The summed E-state index contributed by atoms with van der Waals surface area (Å²) < 4.78 is 10.8. The van der Waals surface area contributed by atoms with E-state index in [1.165, 1.54) is 5.56 Å². The highest BCUT2D eigenvalue weighted by atomic mass is 16.5. The minimum absolute atomic E-state index is 0.287. The average molecular weight is 383 g/mol. The summed E-state index contributed by atoms with van der Waals surface area (Å²) in [6.07, 6.45) is 7.76. The number of aromatic nitrogens is 1. The number of nitrogens with one attached hydrogen (secondary N) is 2. The zero-order valence-corrected chi connectivity index (χ0v) is 17.0. The second-order valence-electron chi connectivity index (χ2n) is 6.25. The number of rotatable bonds is 10. The topological polar surface area (TPSA) is 71.7 Å². The van der Waals surface area contributed by atoms with Gasteiger partial charge in [0.15, 0.2) is 5.96 Å². The standard InChI is InChI=1S/C22H30N4O2/c1-5-15-27-18-11-9-17(10-12-18)13-14-24-22(23-8-4)25-16-19-20(6-2)26-28-21(19)7-3/h1,9-12H,6-8,13-16H2,2-4H3,(H2,23,24,25). The van der Waals surface area contributed by atoms with Crippen LogP contribution in [0.1, 0.15) is 43.4 Å². The summed E-state index contributed by atoms with van der Waals surface area (Å²) in [5.74, 6) is 4.97. The van der Waals surface area contributed by atoms with Gasteiger partial charge in [0.1, 0.15) is 18.1 Å². The van der Waals surface area contributed by atoms with Crippen LogP contribution in [0.4, 0.5) is 0 Å². The number of nitrogens with zero attached hydrogens (tertiary/aromatic N) is 2. The third-order valence-electron chi connectivity index (χ3n) is 4.30. The van der Waals surface area contributed by atoms with Gasteiger partial charge in [-0.2, -0.15) is 0 Å². The molecule has 0 saturated carbocycles. The average Bonchev–Trinajstić information content (AvgIpc) is 3.13. The molecule has 6 nitrogen and oxygen atoms in total. The first-order valence-corrected chi connectivity index (χ1v) is 9.85. The molecule has 1 aromatic heterocycles. The summed E-state index contributed by atoms with van der Waals surface area (Å²) in [4.78, 5) is 4.71. The molecule has 0 saturated heterocycles.